The van der Waals surface area contributed by atoms with Crippen LogP contribution < -0.4 is 0 Å². The van der Waals surface area contributed by atoms with Gasteiger partial charge in [-0.15, -0.1) is 5.28 Å². The highest BCUT2D eigenvalue weighted by Crippen LogP contribution is 1.49. The van der Waals surface area contributed by atoms with E-state index in [0.717, 1.165) is 0 Å². The molecule has 0 N–H and O–H groups in total. The van der Waals surface area contributed by atoms with Crippen molar-refractivity contribution in [2.45, 2.75) is 12.2 Å². The van der Waals surface area contributed by atoms with Crippen molar-refractivity contribution in [2.75, 3.05) is 0 Å². The molecule has 1 atom stereocenters. The first kappa shape index (κ1) is 8.88. The molecule has 0 heterocycles. The summed E-state index contributed by atoms with van der Waals surface area (Å²) in [5, 5.41) is 1.39. The van der Waals surface area contributed by atoms with E-state index in [4.69, 9.17) is 0 Å². The third-order valence-electron chi connectivity index (χ3n) is 0. The standard InChI is InChI=1S/C2H5.Al.H3P.2H/c1-2;;;;/h1H2,2H3;;1H3;;. The van der Waals surface area contributed by atoms with Crippen molar-refractivity contribution in [3.8, 4) is 0 Å². The molecular weight excluding hydrogens is 82.0 g/mol. The maximum Gasteiger partial charge on any atom is 0.211 e. The third kappa shape index (κ3) is 12.3. The van der Waals surface area contributed by atoms with Crippen molar-refractivity contribution in [1.82, 2.24) is 0 Å². The lowest BCUT2D eigenvalue weighted by Gasteiger charge is -1.44. The summed E-state index contributed by atoms with van der Waals surface area (Å²) in [6.07, 6.45) is 0. The third-order valence-corrected chi connectivity index (χ3v) is 0. The van der Waals surface area contributed by atoms with E-state index in [-0.39, 0.29) is 9.90 Å². The van der Waals surface area contributed by atoms with Gasteiger partial charge in [-0.05, 0) is 0 Å². The Hall–Kier alpha value is 0.962. The molecule has 0 bridgehead atoms. The molecule has 0 aromatic heterocycles. The number of hydrogen-bond donors (Lipinski definition) is 0. The van der Waals surface area contributed by atoms with Crippen molar-refractivity contribution in [1.29, 1.82) is 0 Å². The van der Waals surface area contributed by atoms with Crippen LogP contribution in [0, 0.1) is 0 Å². The van der Waals surface area contributed by atoms with Crippen LogP contribution in [0.5, 0.6) is 0 Å². The summed E-state index contributed by atoms with van der Waals surface area (Å²) in [4.78, 5) is 0. The van der Waals surface area contributed by atoms with Crippen LogP contribution in [0.15, 0.2) is 0 Å². The fourth-order valence-electron chi connectivity index (χ4n) is 0. The van der Waals surface area contributed by atoms with Crippen LogP contribution in [-0.4, -0.2) is 16.3 Å². The Morgan fingerprint density at radius 1 is 1.75 bits per heavy atom. The molecule has 0 rings (SSSR count). The molecule has 0 nitrogen and oxygen atoms in total. The first-order valence-electron chi connectivity index (χ1n) is 1.41. The zero-order chi connectivity index (χ0) is 2.71. The predicted octanol–water partition coefficient (Wildman–Crippen LogP) is 0.116. The summed E-state index contributed by atoms with van der Waals surface area (Å²) in [5.41, 5.74) is 0. The minimum absolute atomic E-state index is 0. The van der Waals surface area contributed by atoms with Crippen LogP contribution in [-0.2, 0) is 0 Å². The van der Waals surface area contributed by atoms with Gasteiger partial charge in [0.25, 0.3) is 0 Å². The fraction of sp³-hybridized carbons (Fsp3) is 1.00. The molecule has 0 fully saturated rings. The summed E-state index contributed by atoms with van der Waals surface area (Å²) in [6, 6.07) is 0. The van der Waals surface area contributed by atoms with Crippen LogP contribution in [0.3, 0.4) is 0 Å². The second kappa shape index (κ2) is 9.03. The van der Waals surface area contributed by atoms with Gasteiger partial charge in [0.1, 0.15) is 0 Å². The SMILES string of the molecule is C[CH2][AlH2].P. The predicted molar refractivity (Wildman–Crippen MR) is 30.1 cm³/mol. The van der Waals surface area contributed by atoms with Crippen molar-refractivity contribution in [3.05, 3.63) is 0 Å². The van der Waals surface area contributed by atoms with Crippen LogP contribution in [0.2, 0.25) is 5.28 Å². The van der Waals surface area contributed by atoms with Crippen molar-refractivity contribution in [3.63, 3.8) is 0 Å². The lowest BCUT2D eigenvalue weighted by atomic mass is 11.0. The minimum Gasteiger partial charge on any atom is -0.153 e. The largest absolute Gasteiger partial charge is 0.211 e. The van der Waals surface area contributed by atoms with Gasteiger partial charge in [-0.3, -0.25) is 0 Å². The van der Waals surface area contributed by atoms with Crippen LogP contribution >= 0.6 is 9.90 Å². The fourth-order valence-corrected chi connectivity index (χ4v) is 0. The van der Waals surface area contributed by atoms with Crippen LogP contribution in [0.1, 0.15) is 6.92 Å². The molecule has 0 saturated heterocycles. The van der Waals surface area contributed by atoms with Gasteiger partial charge >= 0.3 is 0 Å². The van der Waals surface area contributed by atoms with E-state index in [1.54, 1.807) is 0 Å². The van der Waals surface area contributed by atoms with Gasteiger partial charge in [0.2, 0.25) is 16.3 Å². The first-order valence-corrected chi connectivity index (χ1v) is 2.83. The van der Waals surface area contributed by atoms with E-state index in [9.17, 15) is 0 Å². The van der Waals surface area contributed by atoms with Gasteiger partial charge in [-0.2, -0.15) is 9.90 Å². The molecular formula is C2H10AlP. The average molecular weight is 92.1 g/mol. The van der Waals surface area contributed by atoms with Crippen molar-refractivity contribution < 1.29 is 0 Å². The van der Waals surface area contributed by atoms with E-state index in [2.05, 4.69) is 6.92 Å². The number of rotatable bonds is 0. The number of hydrogen-bond acceptors (Lipinski definition) is 0. The Morgan fingerprint density at radius 2 is 1.75 bits per heavy atom. The molecule has 0 saturated carbocycles. The Labute approximate surface area is 39.0 Å². The van der Waals surface area contributed by atoms with Crippen molar-refractivity contribution >= 4 is 26.2 Å². The lowest BCUT2D eigenvalue weighted by Crippen LogP contribution is -1.41. The van der Waals surface area contributed by atoms with Gasteiger partial charge in [-0.1, -0.05) is 6.92 Å². The molecule has 0 spiro atoms. The molecule has 0 aliphatic rings. The maximum atomic E-state index is 2.19. The molecule has 26 valence electrons. The molecule has 0 aliphatic heterocycles. The molecule has 0 radical (unpaired) electrons. The van der Waals surface area contributed by atoms with E-state index >= 15 is 0 Å². The topological polar surface area (TPSA) is 0 Å². The smallest absolute Gasteiger partial charge is 0.153 e. The molecule has 0 amide bonds. The van der Waals surface area contributed by atoms with E-state index in [0.29, 0.717) is 0 Å². The average Bonchev–Trinajstić information content (AvgIpc) is 0.918. The summed E-state index contributed by atoms with van der Waals surface area (Å²) in [5.74, 6) is 0. The van der Waals surface area contributed by atoms with Crippen LogP contribution in [0.4, 0.5) is 0 Å². The van der Waals surface area contributed by atoms with Gasteiger partial charge in [0.15, 0.2) is 0 Å². The zero-order valence-corrected chi connectivity index (χ0v) is 6.83. The summed E-state index contributed by atoms with van der Waals surface area (Å²) in [7, 11) is 0. The highest BCUT2D eigenvalue weighted by atomic mass is 31.0. The van der Waals surface area contributed by atoms with Gasteiger partial charge in [0.05, 0.1) is 0 Å². The Morgan fingerprint density at radius 3 is 1.75 bits per heavy atom. The van der Waals surface area contributed by atoms with Gasteiger partial charge < -0.3 is 0 Å². The first-order chi connectivity index (χ1) is 1.41. The molecule has 1 unspecified atom stereocenters. The second-order valence-electron chi connectivity index (χ2n) is 0.707. The van der Waals surface area contributed by atoms with E-state index in [1.165, 1.54) is 21.6 Å². The monoisotopic (exact) mass is 92.0 g/mol. The second-order valence-corrected chi connectivity index (χ2v) is 2.12. The van der Waals surface area contributed by atoms with E-state index < -0.39 is 0 Å². The molecule has 0 aromatic rings. The van der Waals surface area contributed by atoms with E-state index in [1.807, 2.05) is 0 Å². The zero-order valence-electron chi connectivity index (χ0n) is 3.41. The highest BCUT2D eigenvalue weighted by molar-refractivity contribution is 6.92. The Kier molecular flexibility index (Phi) is 20.0. The minimum atomic E-state index is 0. The van der Waals surface area contributed by atoms with Gasteiger partial charge in [0, 0.05) is 0 Å². The molecule has 2 heteroatoms. The molecule has 0 aliphatic carbocycles. The quantitative estimate of drug-likeness (QED) is 0.294. The van der Waals surface area contributed by atoms with Crippen molar-refractivity contribution in [2.24, 2.45) is 0 Å². The van der Waals surface area contributed by atoms with Gasteiger partial charge in [-0.25, -0.2) is 0 Å². The lowest BCUT2D eigenvalue weighted by molar-refractivity contribution is 1.48. The molecule has 4 heavy (non-hydrogen) atoms. The van der Waals surface area contributed by atoms with Crippen LogP contribution in [0.25, 0.3) is 0 Å². The summed E-state index contributed by atoms with van der Waals surface area (Å²) in [6.45, 7) is 2.19. The highest BCUT2D eigenvalue weighted by Gasteiger charge is 1.41. The Balaban J connectivity index is 0. The Bertz CT molecular complexity index is 6.00. The summed E-state index contributed by atoms with van der Waals surface area (Å²) >= 11 is 1.37. The summed E-state index contributed by atoms with van der Waals surface area (Å²) < 4.78 is 0. The maximum absolute atomic E-state index is 2.19. The normalized spacial score (nSPS) is 4.25. The molecule has 0 aromatic carbocycles.